The topological polar surface area (TPSA) is 42.1 Å². The molecule has 2 aromatic rings. The van der Waals surface area contributed by atoms with Gasteiger partial charge in [-0.1, -0.05) is 26.8 Å². The first-order chi connectivity index (χ1) is 11.2. The van der Waals surface area contributed by atoms with Crippen LogP contribution in [0.5, 0.6) is 0 Å². The molecule has 1 N–H and O–H groups in total. The van der Waals surface area contributed by atoms with Crippen LogP contribution in [0.2, 0.25) is 18.1 Å². The Morgan fingerprint density at radius 3 is 2.28 bits per heavy atom. The number of fused-ring (bicyclic) bond motifs is 1. The first-order valence-electron chi connectivity index (χ1n) is 7.79. The highest BCUT2D eigenvalue weighted by atomic mass is 28.4. The average Bonchev–Trinajstić information content (AvgIpc) is 2.42. The van der Waals surface area contributed by atoms with Gasteiger partial charge in [0.05, 0.1) is 12.1 Å². The minimum Gasteiger partial charge on any atom is -0.413 e. The van der Waals surface area contributed by atoms with Crippen LogP contribution in [0, 0.1) is 5.82 Å². The molecule has 0 saturated carbocycles. The monoisotopic (exact) mass is 375 g/mol. The van der Waals surface area contributed by atoms with Crippen LogP contribution < -0.4 is 5.56 Å². The normalized spacial score (nSPS) is 13.5. The minimum atomic E-state index is -5.05. The van der Waals surface area contributed by atoms with Crippen molar-refractivity contribution in [2.75, 3.05) is 0 Å². The maximum atomic E-state index is 14.1. The zero-order valence-electron chi connectivity index (χ0n) is 14.8. The van der Waals surface area contributed by atoms with E-state index in [1.54, 1.807) is 0 Å². The lowest BCUT2D eigenvalue weighted by atomic mass is 10.1. The Morgan fingerprint density at radius 2 is 1.76 bits per heavy atom. The molecule has 0 aliphatic rings. The molecule has 25 heavy (non-hydrogen) atoms. The van der Waals surface area contributed by atoms with E-state index in [0.717, 1.165) is 0 Å². The molecular formula is C17H21F4NO2Si. The van der Waals surface area contributed by atoms with Gasteiger partial charge in [-0.05, 0) is 35.8 Å². The van der Waals surface area contributed by atoms with Crippen molar-refractivity contribution in [3.05, 3.63) is 45.5 Å². The maximum absolute atomic E-state index is 14.1. The molecule has 0 radical (unpaired) electrons. The second-order valence-electron chi connectivity index (χ2n) is 7.57. The van der Waals surface area contributed by atoms with E-state index in [4.69, 9.17) is 4.43 Å². The maximum Gasteiger partial charge on any atom is 0.424 e. The van der Waals surface area contributed by atoms with Gasteiger partial charge in [-0.15, -0.1) is 0 Å². The molecule has 0 aliphatic carbocycles. The molecule has 1 heterocycles. The van der Waals surface area contributed by atoms with Gasteiger partial charge in [-0.2, -0.15) is 13.2 Å². The van der Waals surface area contributed by atoms with Crippen LogP contribution in [0.3, 0.4) is 0 Å². The predicted octanol–water partition coefficient (Wildman–Crippen LogP) is 5.21. The van der Waals surface area contributed by atoms with Gasteiger partial charge in [-0.25, -0.2) is 4.39 Å². The van der Waals surface area contributed by atoms with Crippen LogP contribution in [0.4, 0.5) is 17.6 Å². The molecule has 1 aromatic carbocycles. The number of aromatic amines is 1. The Hall–Kier alpha value is -1.67. The highest BCUT2D eigenvalue weighted by Crippen LogP contribution is 2.37. The highest BCUT2D eigenvalue weighted by Gasteiger charge is 2.39. The van der Waals surface area contributed by atoms with E-state index in [0.29, 0.717) is 5.56 Å². The molecule has 0 aliphatic heterocycles. The van der Waals surface area contributed by atoms with Crippen molar-refractivity contribution in [2.24, 2.45) is 0 Å². The summed E-state index contributed by atoms with van der Waals surface area (Å²) in [5.41, 5.74) is -2.61. The van der Waals surface area contributed by atoms with Crippen LogP contribution >= 0.6 is 0 Å². The third-order valence-corrected chi connectivity index (χ3v) is 9.18. The summed E-state index contributed by atoms with van der Waals surface area (Å²) < 4.78 is 58.6. The SMILES string of the molecule is CC(C)(C)[Si](C)(C)OCc1ccc2c(F)c(C(F)(F)F)c(=O)[nH]c2c1. The molecule has 0 unspecified atom stereocenters. The van der Waals surface area contributed by atoms with E-state index in [1.807, 2.05) is 0 Å². The smallest absolute Gasteiger partial charge is 0.413 e. The van der Waals surface area contributed by atoms with E-state index in [-0.39, 0.29) is 22.5 Å². The third-order valence-electron chi connectivity index (χ3n) is 4.70. The Morgan fingerprint density at radius 1 is 1.16 bits per heavy atom. The number of rotatable bonds is 3. The molecule has 0 atom stereocenters. The van der Waals surface area contributed by atoms with Crippen molar-refractivity contribution in [3.8, 4) is 0 Å². The van der Waals surface area contributed by atoms with E-state index in [1.165, 1.54) is 18.2 Å². The van der Waals surface area contributed by atoms with Crippen LogP contribution in [-0.2, 0) is 17.2 Å². The van der Waals surface area contributed by atoms with Gasteiger partial charge in [-0.3, -0.25) is 4.79 Å². The van der Waals surface area contributed by atoms with E-state index in [2.05, 4.69) is 38.8 Å². The van der Waals surface area contributed by atoms with Crippen LogP contribution in [0.1, 0.15) is 31.9 Å². The number of hydrogen-bond acceptors (Lipinski definition) is 2. The van der Waals surface area contributed by atoms with Crippen molar-refractivity contribution in [1.29, 1.82) is 0 Å². The number of aromatic nitrogens is 1. The molecule has 1 aromatic heterocycles. The first kappa shape index (κ1) is 19.6. The summed E-state index contributed by atoms with van der Waals surface area (Å²) in [5, 5.41) is -0.269. The van der Waals surface area contributed by atoms with Crippen molar-refractivity contribution in [2.45, 2.75) is 51.7 Å². The summed E-state index contributed by atoms with van der Waals surface area (Å²) in [5.74, 6) is -1.55. The van der Waals surface area contributed by atoms with Gasteiger partial charge < -0.3 is 9.41 Å². The summed E-state index contributed by atoms with van der Waals surface area (Å²) >= 11 is 0. The number of H-pyrrole nitrogens is 1. The number of alkyl halides is 3. The van der Waals surface area contributed by atoms with Gasteiger partial charge in [0.25, 0.3) is 5.56 Å². The van der Waals surface area contributed by atoms with Gasteiger partial charge in [0.2, 0.25) is 0 Å². The largest absolute Gasteiger partial charge is 0.424 e. The molecule has 8 heteroatoms. The Bertz CT molecular complexity index is 851. The third kappa shape index (κ3) is 3.95. The highest BCUT2D eigenvalue weighted by molar-refractivity contribution is 6.74. The first-order valence-corrected chi connectivity index (χ1v) is 10.7. The average molecular weight is 375 g/mol. The number of pyridine rings is 1. The molecule has 0 amide bonds. The quantitative estimate of drug-likeness (QED) is 0.591. The standard InChI is InChI=1S/C17H21F4NO2Si/c1-16(2,3)25(4,5)24-9-10-6-7-11-12(8-10)22-15(23)13(14(11)18)17(19,20)21/h6-8H,9H2,1-5H3,(H,22,23). The molecule has 138 valence electrons. The molecule has 3 nitrogen and oxygen atoms in total. The lowest BCUT2D eigenvalue weighted by Crippen LogP contribution is -2.40. The molecule has 0 fully saturated rings. The molecule has 0 saturated heterocycles. The molecule has 2 rings (SSSR count). The van der Waals surface area contributed by atoms with Crippen molar-refractivity contribution in [1.82, 2.24) is 4.98 Å². The summed E-state index contributed by atoms with van der Waals surface area (Å²) in [6.45, 7) is 10.7. The molecule has 0 spiro atoms. The lowest BCUT2D eigenvalue weighted by molar-refractivity contribution is -0.140. The molecular weight excluding hydrogens is 354 g/mol. The summed E-state index contributed by atoms with van der Waals surface area (Å²) in [6, 6.07) is 4.20. The minimum absolute atomic E-state index is 0.00583. The van der Waals surface area contributed by atoms with E-state index < -0.39 is 31.4 Å². The zero-order chi connectivity index (χ0) is 19.2. The Labute approximate surface area is 144 Å². The summed E-state index contributed by atoms with van der Waals surface area (Å²) in [4.78, 5) is 13.7. The number of nitrogens with one attached hydrogen (secondary N) is 1. The van der Waals surface area contributed by atoms with Crippen LogP contribution in [0.25, 0.3) is 10.9 Å². The van der Waals surface area contributed by atoms with E-state index in [9.17, 15) is 22.4 Å². The summed E-state index contributed by atoms with van der Waals surface area (Å²) in [7, 11) is -2.01. The fourth-order valence-electron chi connectivity index (χ4n) is 2.13. The Kier molecular flexibility index (Phi) is 4.91. The number of benzene rings is 1. The Balaban J connectivity index is 2.40. The van der Waals surface area contributed by atoms with Crippen molar-refractivity contribution >= 4 is 19.2 Å². The van der Waals surface area contributed by atoms with Gasteiger partial charge in [0, 0.05) is 5.39 Å². The van der Waals surface area contributed by atoms with Gasteiger partial charge in [0.1, 0.15) is 5.82 Å². The van der Waals surface area contributed by atoms with E-state index >= 15 is 0 Å². The van der Waals surface area contributed by atoms with Crippen LogP contribution in [-0.4, -0.2) is 13.3 Å². The second kappa shape index (κ2) is 6.24. The zero-order valence-corrected chi connectivity index (χ0v) is 15.8. The summed E-state index contributed by atoms with van der Waals surface area (Å²) in [6.07, 6.45) is -5.05. The second-order valence-corrected chi connectivity index (χ2v) is 12.4. The van der Waals surface area contributed by atoms with Crippen molar-refractivity contribution < 1.29 is 22.0 Å². The van der Waals surface area contributed by atoms with Crippen molar-refractivity contribution in [3.63, 3.8) is 0 Å². The van der Waals surface area contributed by atoms with Gasteiger partial charge >= 0.3 is 6.18 Å². The van der Waals surface area contributed by atoms with Crippen LogP contribution in [0.15, 0.2) is 23.0 Å². The fraction of sp³-hybridized carbons (Fsp3) is 0.471. The molecule has 0 bridgehead atoms. The lowest BCUT2D eigenvalue weighted by Gasteiger charge is -2.36. The van der Waals surface area contributed by atoms with Gasteiger partial charge in [0.15, 0.2) is 13.9 Å². The fourth-order valence-corrected chi connectivity index (χ4v) is 3.09. The number of halogens is 4. The number of hydrogen-bond donors (Lipinski definition) is 1. The predicted molar refractivity (Wildman–Crippen MR) is 91.5 cm³/mol.